The Kier molecular flexibility index (Phi) is 17.8. The van der Waals surface area contributed by atoms with E-state index in [2.05, 4.69) is 13.8 Å². The maximum absolute atomic E-state index is 11.6. The average molecular weight is 407 g/mol. The molecular weight excluding hydrogens is 360 g/mol. The van der Waals surface area contributed by atoms with Gasteiger partial charge in [0.15, 0.2) is 0 Å². The Labute approximate surface area is 169 Å². The van der Waals surface area contributed by atoms with Crippen molar-refractivity contribution in [2.24, 2.45) is 0 Å². The predicted octanol–water partition coefficient (Wildman–Crippen LogP) is 6.67. The zero-order chi connectivity index (χ0) is 20.4. The maximum atomic E-state index is 11.6. The van der Waals surface area contributed by atoms with Crippen LogP contribution in [-0.2, 0) is 10.1 Å². The summed E-state index contributed by atoms with van der Waals surface area (Å²) in [5.74, 6) is 0. The maximum Gasteiger partial charge on any atom is 0.267 e. The predicted molar refractivity (Wildman–Crippen MR) is 116 cm³/mol. The molecule has 0 aromatic heterocycles. The van der Waals surface area contributed by atoms with Gasteiger partial charge in [-0.25, -0.2) is 0 Å². The topological polar surface area (TPSA) is 74.6 Å². The molecule has 164 valence electrons. The van der Waals surface area contributed by atoms with E-state index in [0.29, 0.717) is 12.8 Å². The molecule has 0 saturated carbocycles. The van der Waals surface area contributed by atoms with Crippen molar-refractivity contribution in [2.45, 2.75) is 141 Å². The molecule has 0 fully saturated rings. The van der Waals surface area contributed by atoms with Crippen LogP contribution in [-0.4, -0.2) is 29.4 Å². The summed E-state index contributed by atoms with van der Waals surface area (Å²) in [7, 11) is -4.07. The first kappa shape index (κ1) is 26.9. The van der Waals surface area contributed by atoms with Gasteiger partial charge in [-0.2, -0.15) is 8.42 Å². The standard InChI is InChI=1S/C22H46O4S/c1-3-5-7-8-9-10-11-12-13-14-15-17-19-22(27(24,25)26)20-21(23)18-16-6-4-2/h21-23H,3-20H2,1-2H3,(H,24,25,26). The van der Waals surface area contributed by atoms with E-state index >= 15 is 0 Å². The van der Waals surface area contributed by atoms with Crippen LogP contribution in [0.1, 0.15) is 129 Å². The third-order valence-corrected chi connectivity index (χ3v) is 6.75. The van der Waals surface area contributed by atoms with Crippen LogP contribution in [0.5, 0.6) is 0 Å². The number of rotatable bonds is 20. The average Bonchev–Trinajstić information content (AvgIpc) is 2.61. The monoisotopic (exact) mass is 406 g/mol. The molecule has 0 amide bonds. The number of hydrogen-bond acceptors (Lipinski definition) is 3. The second-order valence-corrected chi connectivity index (χ2v) is 9.90. The lowest BCUT2D eigenvalue weighted by atomic mass is 10.0. The normalized spacial score (nSPS) is 14.4. The number of unbranched alkanes of at least 4 members (excludes halogenated alkanes) is 13. The fourth-order valence-electron chi connectivity index (χ4n) is 3.65. The van der Waals surface area contributed by atoms with E-state index in [1.54, 1.807) is 0 Å². The van der Waals surface area contributed by atoms with E-state index in [1.807, 2.05) is 0 Å². The van der Waals surface area contributed by atoms with Gasteiger partial charge in [0.2, 0.25) is 0 Å². The first-order chi connectivity index (χ1) is 12.9. The summed E-state index contributed by atoms with van der Waals surface area (Å²) < 4.78 is 32.6. The molecular formula is C22H46O4S. The quantitative estimate of drug-likeness (QED) is 0.175. The van der Waals surface area contributed by atoms with E-state index in [1.165, 1.54) is 57.8 Å². The Balaban J connectivity index is 3.74. The van der Waals surface area contributed by atoms with Crippen molar-refractivity contribution in [2.75, 3.05) is 0 Å². The molecule has 0 bridgehead atoms. The van der Waals surface area contributed by atoms with Gasteiger partial charge >= 0.3 is 0 Å². The molecule has 2 atom stereocenters. The zero-order valence-electron chi connectivity index (χ0n) is 18.0. The van der Waals surface area contributed by atoms with Crippen molar-refractivity contribution < 1.29 is 18.1 Å². The van der Waals surface area contributed by atoms with Gasteiger partial charge in [-0.05, 0) is 19.3 Å². The lowest BCUT2D eigenvalue weighted by Crippen LogP contribution is -2.26. The minimum atomic E-state index is -4.07. The zero-order valence-corrected chi connectivity index (χ0v) is 18.8. The van der Waals surface area contributed by atoms with Gasteiger partial charge in [-0.15, -0.1) is 0 Å². The van der Waals surface area contributed by atoms with E-state index in [4.69, 9.17) is 0 Å². The van der Waals surface area contributed by atoms with Crippen LogP contribution in [0, 0.1) is 0 Å². The van der Waals surface area contributed by atoms with Crippen LogP contribution >= 0.6 is 0 Å². The molecule has 0 aliphatic rings. The molecule has 2 unspecified atom stereocenters. The Morgan fingerprint density at radius 3 is 1.44 bits per heavy atom. The number of aliphatic hydroxyl groups is 1. The minimum absolute atomic E-state index is 0.167. The smallest absolute Gasteiger partial charge is 0.267 e. The van der Waals surface area contributed by atoms with Gasteiger partial charge in [0.05, 0.1) is 11.4 Å². The van der Waals surface area contributed by atoms with E-state index < -0.39 is 21.5 Å². The first-order valence-electron chi connectivity index (χ1n) is 11.6. The van der Waals surface area contributed by atoms with Gasteiger partial charge in [0.25, 0.3) is 10.1 Å². The molecule has 0 aromatic carbocycles. The molecule has 0 heterocycles. The third-order valence-electron chi connectivity index (χ3n) is 5.48. The molecule has 0 aliphatic heterocycles. The van der Waals surface area contributed by atoms with Gasteiger partial charge in [0, 0.05) is 0 Å². The van der Waals surface area contributed by atoms with Crippen molar-refractivity contribution in [3.8, 4) is 0 Å². The molecule has 5 heteroatoms. The van der Waals surface area contributed by atoms with Crippen LogP contribution in [0.2, 0.25) is 0 Å². The lowest BCUT2D eigenvalue weighted by molar-refractivity contribution is 0.147. The lowest BCUT2D eigenvalue weighted by Gasteiger charge is -2.18. The molecule has 0 rings (SSSR count). The Bertz CT molecular complexity index is 409. The summed E-state index contributed by atoms with van der Waals surface area (Å²) in [6.45, 7) is 4.34. The second kappa shape index (κ2) is 17.9. The summed E-state index contributed by atoms with van der Waals surface area (Å²) in [5.41, 5.74) is 0. The fourth-order valence-corrected chi connectivity index (χ4v) is 4.58. The number of aliphatic hydroxyl groups excluding tert-OH is 1. The van der Waals surface area contributed by atoms with Crippen molar-refractivity contribution in [3.63, 3.8) is 0 Å². The Morgan fingerprint density at radius 1 is 0.630 bits per heavy atom. The molecule has 27 heavy (non-hydrogen) atoms. The Morgan fingerprint density at radius 2 is 1.00 bits per heavy atom. The van der Waals surface area contributed by atoms with Crippen LogP contribution in [0.3, 0.4) is 0 Å². The van der Waals surface area contributed by atoms with Crippen molar-refractivity contribution >= 4 is 10.1 Å². The molecule has 0 aromatic rings. The van der Waals surface area contributed by atoms with Crippen LogP contribution in [0.15, 0.2) is 0 Å². The third kappa shape index (κ3) is 17.7. The van der Waals surface area contributed by atoms with Crippen molar-refractivity contribution in [1.82, 2.24) is 0 Å². The Hall–Kier alpha value is -0.130. The highest BCUT2D eigenvalue weighted by Crippen LogP contribution is 2.20. The van der Waals surface area contributed by atoms with Gasteiger partial charge in [-0.3, -0.25) is 4.55 Å². The number of hydrogen-bond donors (Lipinski definition) is 2. The highest BCUT2D eigenvalue weighted by Gasteiger charge is 2.25. The molecule has 0 spiro atoms. The second-order valence-electron chi connectivity index (χ2n) is 8.20. The summed E-state index contributed by atoms with van der Waals surface area (Å²) in [4.78, 5) is 0. The van der Waals surface area contributed by atoms with Gasteiger partial charge in [-0.1, -0.05) is 110 Å². The first-order valence-corrected chi connectivity index (χ1v) is 13.1. The van der Waals surface area contributed by atoms with Crippen LogP contribution in [0.25, 0.3) is 0 Å². The summed E-state index contributed by atoms with van der Waals surface area (Å²) in [6, 6.07) is 0. The summed E-state index contributed by atoms with van der Waals surface area (Å²) >= 11 is 0. The van der Waals surface area contributed by atoms with E-state index in [-0.39, 0.29) is 6.42 Å². The fraction of sp³-hybridized carbons (Fsp3) is 1.00. The van der Waals surface area contributed by atoms with Crippen LogP contribution < -0.4 is 0 Å². The van der Waals surface area contributed by atoms with E-state index in [0.717, 1.165) is 38.5 Å². The van der Waals surface area contributed by atoms with Gasteiger partial charge < -0.3 is 5.11 Å². The molecule has 0 aliphatic carbocycles. The van der Waals surface area contributed by atoms with Gasteiger partial charge in [0.1, 0.15) is 0 Å². The van der Waals surface area contributed by atoms with Crippen LogP contribution in [0.4, 0.5) is 0 Å². The minimum Gasteiger partial charge on any atom is -0.393 e. The highest BCUT2D eigenvalue weighted by molar-refractivity contribution is 7.86. The molecule has 0 radical (unpaired) electrons. The van der Waals surface area contributed by atoms with Crippen molar-refractivity contribution in [1.29, 1.82) is 0 Å². The summed E-state index contributed by atoms with van der Waals surface area (Å²) in [5, 5.41) is 9.22. The molecule has 2 N–H and O–H groups in total. The molecule has 0 saturated heterocycles. The van der Waals surface area contributed by atoms with E-state index in [9.17, 15) is 18.1 Å². The highest BCUT2D eigenvalue weighted by atomic mass is 32.2. The summed E-state index contributed by atoms with van der Waals surface area (Å²) in [6.07, 6.45) is 18.5. The molecule has 4 nitrogen and oxygen atoms in total. The largest absolute Gasteiger partial charge is 0.393 e. The SMILES string of the molecule is CCCCCCCCCCCCCCC(CC(O)CCCCC)S(=O)(=O)O. The van der Waals surface area contributed by atoms with Crippen molar-refractivity contribution in [3.05, 3.63) is 0 Å².